The fourth-order valence-electron chi connectivity index (χ4n) is 2.58. The molecule has 2 aromatic heterocycles. The van der Waals surface area contributed by atoms with Crippen LogP contribution in [0.15, 0.2) is 24.4 Å². The molecule has 0 saturated heterocycles. The second-order valence-corrected chi connectivity index (χ2v) is 8.00. The maximum absolute atomic E-state index is 12.7. The lowest BCUT2D eigenvalue weighted by molar-refractivity contribution is 0.319. The van der Waals surface area contributed by atoms with Gasteiger partial charge in [-0.2, -0.15) is 17.0 Å². The van der Waals surface area contributed by atoms with Crippen molar-refractivity contribution in [2.75, 3.05) is 14.1 Å². The van der Waals surface area contributed by atoms with E-state index >= 15 is 0 Å². The highest BCUT2D eigenvalue weighted by Gasteiger charge is 2.37. The molecule has 2 heterocycles. The first-order valence-corrected chi connectivity index (χ1v) is 8.79. The van der Waals surface area contributed by atoms with Crippen LogP contribution in [0.5, 0.6) is 0 Å². The van der Waals surface area contributed by atoms with Gasteiger partial charge in [0.15, 0.2) is 11.5 Å². The van der Waals surface area contributed by atoms with Gasteiger partial charge in [-0.25, -0.2) is 0 Å². The van der Waals surface area contributed by atoms with Crippen LogP contribution in [0.3, 0.4) is 0 Å². The zero-order valence-corrected chi connectivity index (χ0v) is 13.9. The molecule has 3 rings (SSSR count). The number of aromatic nitrogens is 3. The minimum Gasteiger partial charge on any atom is -0.285 e. The third-order valence-corrected chi connectivity index (χ3v) is 6.36. The standard InChI is InChI=1S/C14H21N5O2S/c1-11(12-7-8-12)18(3)22(20,21)17(2)10-14-16-15-13-6-4-5-9-19(13)14/h4-6,9,11-12H,7-8,10H2,1-3H3. The van der Waals surface area contributed by atoms with Crippen molar-refractivity contribution in [3.05, 3.63) is 30.2 Å². The van der Waals surface area contributed by atoms with Gasteiger partial charge in [-0.1, -0.05) is 6.07 Å². The Morgan fingerprint density at radius 2 is 2.05 bits per heavy atom. The van der Waals surface area contributed by atoms with Gasteiger partial charge in [0.05, 0.1) is 6.54 Å². The lowest BCUT2D eigenvalue weighted by atomic mass is 10.2. The highest BCUT2D eigenvalue weighted by atomic mass is 32.2. The average molecular weight is 323 g/mol. The minimum absolute atomic E-state index is 0.0302. The van der Waals surface area contributed by atoms with Crippen molar-refractivity contribution in [2.24, 2.45) is 5.92 Å². The molecular formula is C14H21N5O2S. The zero-order chi connectivity index (χ0) is 15.9. The summed E-state index contributed by atoms with van der Waals surface area (Å²) in [6, 6.07) is 5.61. The second kappa shape index (κ2) is 5.60. The van der Waals surface area contributed by atoms with E-state index in [-0.39, 0.29) is 12.6 Å². The van der Waals surface area contributed by atoms with E-state index in [2.05, 4.69) is 10.2 Å². The number of pyridine rings is 1. The highest BCUT2D eigenvalue weighted by Crippen LogP contribution is 2.35. The molecule has 1 atom stereocenters. The van der Waals surface area contributed by atoms with Crippen molar-refractivity contribution < 1.29 is 8.42 Å². The van der Waals surface area contributed by atoms with Crippen molar-refractivity contribution in [3.63, 3.8) is 0 Å². The van der Waals surface area contributed by atoms with Crippen molar-refractivity contribution in [1.29, 1.82) is 0 Å². The minimum atomic E-state index is -3.50. The van der Waals surface area contributed by atoms with Gasteiger partial charge in [-0.15, -0.1) is 10.2 Å². The second-order valence-electron chi connectivity index (χ2n) is 5.90. The SMILES string of the molecule is CC(C1CC1)N(C)S(=O)(=O)N(C)Cc1nnc2ccccn12. The summed E-state index contributed by atoms with van der Waals surface area (Å²) in [5, 5.41) is 8.14. The summed E-state index contributed by atoms with van der Waals surface area (Å²) in [5.41, 5.74) is 0.711. The average Bonchev–Trinajstić information content (AvgIpc) is 3.28. The molecular weight excluding hydrogens is 302 g/mol. The fraction of sp³-hybridized carbons (Fsp3) is 0.571. The van der Waals surface area contributed by atoms with Crippen molar-refractivity contribution in [1.82, 2.24) is 23.2 Å². The van der Waals surface area contributed by atoms with E-state index < -0.39 is 10.2 Å². The molecule has 0 bridgehead atoms. The quantitative estimate of drug-likeness (QED) is 0.799. The summed E-state index contributed by atoms with van der Waals surface area (Å²) in [7, 11) is -0.274. The Morgan fingerprint density at radius 1 is 1.32 bits per heavy atom. The molecule has 7 nitrogen and oxygen atoms in total. The summed E-state index contributed by atoms with van der Waals surface area (Å²) in [6.45, 7) is 2.16. The molecule has 1 unspecified atom stereocenters. The third kappa shape index (κ3) is 2.73. The Labute approximate surface area is 130 Å². The van der Waals surface area contributed by atoms with Crippen molar-refractivity contribution in [2.45, 2.75) is 32.4 Å². The number of rotatable bonds is 6. The lowest BCUT2D eigenvalue weighted by Crippen LogP contribution is -2.44. The van der Waals surface area contributed by atoms with Gasteiger partial charge in [0.2, 0.25) is 0 Å². The Hall–Kier alpha value is -1.51. The highest BCUT2D eigenvalue weighted by molar-refractivity contribution is 7.86. The van der Waals surface area contributed by atoms with Crippen molar-refractivity contribution >= 4 is 15.9 Å². The number of hydrogen-bond donors (Lipinski definition) is 0. The summed E-state index contributed by atoms with van der Waals surface area (Å²) in [4.78, 5) is 0. The maximum atomic E-state index is 12.7. The maximum Gasteiger partial charge on any atom is 0.282 e. The van der Waals surface area contributed by atoms with E-state index in [9.17, 15) is 8.42 Å². The first-order valence-electron chi connectivity index (χ1n) is 7.39. The van der Waals surface area contributed by atoms with E-state index in [1.54, 1.807) is 18.5 Å². The summed E-state index contributed by atoms with van der Waals surface area (Å²) < 4.78 is 29.9. The van der Waals surface area contributed by atoms with E-state index in [0.717, 1.165) is 12.8 Å². The normalized spacial score (nSPS) is 17.5. The first-order chi connectivity index (χ1) is 10.4. The van der Waals surface area contributed by atoms with Crippen LogP contribution in [0, 0.1) is 5.92 Å². The monoisotopic (exact) mass is 323 g/mol. The number of fused-ring (bicyclic) bond motifs is 1. The van der Waals surface area contributed by atoms with Crippen LogP contribution in [-0.2, 0) is 16.8 Å². The van der Waals surface area contributed by atoms with E-state index in [4.69, 9.17) is 0 Å². The van der Waals surface area contributed by atoms with Crippen LogP contribution < -0.4 is 0 Å². The van der Waals surface area contributed by atoms with E-state index in [1.165, 1.54) is 8.61 Å². The molecule has 1 saturated carbocycles. The number of hydrogen-bond acceptors (Lipinski definition) is 4. The van der Waals surface area contributed by atoms with Gasteiger partial charge < -0.3 is 0 Å². The molecule has 1 aliphatic rings. The summed E-state index contributed by atoms with van der Waals surface area (Å²) in [6.07, 6.45) is 4.06. The third-order valence-electron chi connectivity index (χ3n) is 4.38. The van der Waals surface area contributed by atoms with Crippen LogP contribution in [0.25, 0.3) is 5.65 Å². The fourth-order valence-corrected chi connectivity index (χ4v) is 3.90. The Balaban J connectivity index is 1.79. The predicted molar refractivity (Wildman–Crippen MR) is 83.3 cm³/mol. The van der Waals surface area contributed by atoms with Gasteiger partial charge >= 0.3 is 0 Å². The van der Waals surface area contributed by atoms with Crippen LogP contribution in [0.1, 0.15) is 25.6 Å². The molecule has 8 heteroatoms. The molecule has 22 heavy (non-hydrogen) atoms. The Kier molecular flexibility index (Phi) is 3.92. The van der Waals surface area contributed by atoms with Crippen LogP contribution in [0.2, 0.25) is 0 Å². The molecule has 1 fully saturated rings. The van der Waals surface area contributed by atoms with Gasteiger partial charge in [-0.3, -0.25) is 4.40 Å². The van der Waals surface area contributed by atoms with Crippen LogP contribution >= 0.6 is 0 Å². The van der Waals surface area contributed by atoms with Gasteiger partial charge in [0, 0.05) is 26.3 Å². The zero-order valence-electron chi connectivity index (χ0n) is 13.0. The molecule has 0 aliphatic heterocycles. The lowest BCUT2D eigenvalue weighted by Gasteiger charge is -2.28. The summed E-state index contributed by atoms with van der Waals surface area (Å²) >= 11 is 0. The van der Waals surface area contributed by atoms with Gasteiger partial charge in [-0.05, 0) is 37.8 Å². The van der Waals surface area contributed by atoms with E-state index in [1.807, 2.05) is 31.3 Å². The van der Waals surface area contributed by atoms with Crippen LogP contribution in [-0.4, -0.2) is 51.8 Å². The largest absolute Gasteiger partial charge is 0.285 e. The van der Waals surface area contributed by atoms with Crippen LogP contribution in [0.4, 0.5) is 0 Å². The molecule has 2 aromatic rings. The Bertz CT molecular complexity index is 768. The molecule has 0 spiro atoms. The Morgan fingerprint density at radius 3 is 2.73 bits per heavy atom. The topological polar surface area (TPSA) is 70.8 Å². The molecule has 0 amide bonds. The molecule has 0 radical (unpaired) electrons. The molecule has 0 N–H and O–H groups in total. The van der Waals surface area contributed by atoms with Gasteiger partial charge in [0.25, 0.3) is 10.2 Å². The molecule has 1 aliphatic carbocycles. The van der Waals surface area contributed by atoms with E-state index in [0.29, 0.717) is 17.4 Å². The number of nitrogens with zero attached hydrogens (tertiary/aromatic N) is 5. The first kappa shape index (κ1) is 15.4. The molecule has 120 valence electrons. The molecule has 0 aromatic carbocycles. The summed E-state index contributed by atoms with van der Waals surface area (Å²) in [5.74, 6) is 1.09. The smallest absolute Gasteiger partial charge is 0.282 e. The van der Waals surface area contributed by atoms with Crippen molar-refractivity contribution in [3.8, 4) is 0 Å². The predicted octanol–water partition coefficient (Wildman–Crippen LogP) is 1.14. The van der Waals surface area contributed by atoms with Gasteiger partial charge in [0.1, 0.15) is 0 Å².